The summed E-state index contributed by atoms with van der Waals surface area (Å²) in [6.45, 7) is 4.97. The van der Waals surface area contributed by atoms with E-state index in [2.05, 4.69) is 20.3 Å². The summed E-state index contributed by atoms with van der Waals surface area (Å²) in [5.74, 6) is 0.315. The lowest BCUT2D eigenvalue weighted by molar-refractivity contribution is -0.133. The molecule has 5 rings (SSSR count). The summed E-state index contributed by atoms with van der Waals surface area (Å²) in [4.78, 5) is 25.8. The Morgan fingerprint density at radius 1 is 1.22 bits per heavy atom. The molecule has 0 spiro atoms. The van der Waals surface area contributed by atoms with E-state index in [9.17, 15) is 9.90 Å². The van der Waals surface area contributed by atoms with E-state index in [0.29, 0.717) is 31.1 Å². The van der Waals surface area contributed by atoms with E-state index in [-0.39, 0.29) is 11.8 Å². The van der Waals surface area contributed by atoms with Gasteiger partial charge in [0.1, 0.15) is 11.5 Å². The van der Waals surface area contributed by atoms with Crippen LogP contribution in [-0.4, -0.2) is 43.6 Å². The second-order valence-corrected chi connectivity index (χ2v) is 8.26. The van der Waals surface area contributed by atoms with Gasteiger partial charge in [-0.05, 0) is 31.0 Å². The number of imidazole rings is 1. The van der Waals surface area contributed by atoms with E-state index in [1.165, 1.54) is 0 Å². The number of rotatable bonds is 6. The highest BCUT2D eigenvalue weighted by Crippen LogP contribution is 2.32. The van der Waals surface area contributed by atoms with Gasteiger partial charge in [0, 0.05) is 47.4 Å². The maximum Gasteiger partial charge on any atom is 0.233 e. The first-order valence-electron chi connectivity index (χ1n) is 10.8. The van der Waals surface area contributed by atoms with Crippen LogP contribution in [-0.2, 0) is 9.53 Å². The molecule has 1 aliphatic heterocycles. The lowest BCUT2D eigenvalue weighted by atomic mass is 10.00. The molecule has 4 aromatic heterocycles. The van der Waals surface area contributed by atoms with Crippen LogP contribution in [0.2, 0.25) is 0 Å². The van der Waals surface area contributed by atoms with E-state index >= 15 is 0 Å². The largest absolute Gasteiger partial charge is 0.387 e. The fraction of sp³-hybridized carbons (Fsp3) is 0.333. The summed E-state index contributed by atoms with van der Waals surface area (Å²) in [5.41, 5.74) is 5.30. The SMILES string of the molecule is CCCC(O)c1cc(C)c(-c2cc3cnc(NC(=O)C4COC4)cc3n3ccnc23)cn1. The fourth-order valence-corrected chi connectivity index (χ4v) is 4.04. The maximum atomic E-state index is 12.3. The quantitative estimate of drug-likeness (QED) is 0.483. The molecule has 164 valence electrons. The standard InChI is InChI=1S/C24H25N5O3/c1-3-4-21(30)19-7-14(2)18(11-26-19)17-8-15-10-27-22(28-24(31)16-12-32-13-16)9-20(15)29-6-5-25-23(17)29/h5-11,16,21,30H,3-4,12-13H2,1-2H3,(H,27,28,31). The Morgan fingerprint density at radius 2 is 2.06 bits per heavy atom. The summed E-state index contributed by atoms with van der Waals surface area (Å²) in [6, 6.07) is 5.85. The van der Waals surface area contributed by atoms with E-state index < -0.39 is 6.10 Å². The highest BCUT2D eigenvalue weighted by Gasteiger charge is 2.26. The Balaban J connectivity index is 1.55. The molecular weight excluding hydrogens is 406 g/mol. The number of aryl methyl sites for hydroxylation is 1. The number of aliphatic hydroxyl groups is 1. The third-order valence-corrected chi connectivity index (χ3v) is 5.94. The van der Waals surface area contributed by atoms with E-state index in [1.54, 1.807) is 12.4 Å². The van der Waals surface area contributed by atoms with Crippen molar-refractivity contribution in [3.05, 3.63) is 54.2 Å². The van der Waals surface area contributed by atoms with E-state index in [0.717, 1.165) is 39.7 Å². The number of hydrogen-bond acceptors (Lipinski definition) is 6. The van der Waals surface area contributed by atoms with Crippen molar-refractivity contribution in [2.45, 2.75) is 32.8 Å². The van der Waals surface area contributed by atoms with Crippen molar-refractivity contribution < 1.29 is 14.6 Å². The Bertz CT molecular complexity index is 1310. The number of anilines is 1. The number of nitrogens with one attached hydrogen (secondary N) is 1. The van der Waals surface area contributed by atoms with Gasteiger partial charge >= 0.3 is 0 Å². The van der Waals surface area contributed by atoms with Gasteiger partial charge in [-0.3, -0.25) is 14.2 Å². The molecule has 0 radical (unpaired) electrons. The minimum atomic E-state index is -0.555. The molecule has 0 bridgehead atoms. The summed E-state index contributed by atoms with van der Waals surface area (Å²) >= 11 is 0. The molecule has 1 fully saturated rings. The zero-order valence-corrected chi connectivity index (χ0v) is 18.1. The van der Waals surface area contributed by atoms with Gasteiger partial charge in [0.25, 0.3) is 0 Å². The molecule has 0 saturated carbocycles. The summed E-state index contributed by atoms with van der Waals surface area (Å²) < 4.78 is 7.09. The highest BCUT2D eigenvalue weighted by atomic mass is 16.5. The Kier molecular flexibility index (Phi) is 5.32. The van der Waals surface area contributed by atoms with Gasteiger partial charge in [0.2, 0.25) is 5.91 Å². The molecule has 0 aliphatic carbocycles. The van der Waals surface area contributed by atoms with Crippen LogP contribution in [0.25, 0.3) is 27.7 Å². The molecule has 4 aromatic rings. The third kappa shape index (κ3) is 3.61. The monoisotopic (exact) mass is 431 g/mol. The summed E-state index contributed by atoms with van der Waals surface area (Å²) in [7, 11) is 0. The molecular formula is C24H25N5O3. The highest BCUT2D eigenvalue weighted by molar-refractivity contribution is 5.96. The molecule has 1 atom stereocenters. The number of aliphatic hydroxyl groups excluding tert-OH is 1. The Labute approximate surface area is 185 Å². The van der Waals surface area contributed by atoms with Crippen LogP contribution in [0.5, 0.6) is 0 Å². The van der Waals surface area contributed by atoms with E-state index in [4.69, 9.17) is 4.74 Å². The number of carbonyl (C=O) groups excluding carboxylic acids is 1. The number of nitrogens with zero attached hydrogens (tertiary/aromatic N) is 4. The lowest BCUT2D eigenvalue weighted by Gasteiger charge is -2.24. The molecule has 8 heteroatoms. The molecule has 0 aromatic carbocycles. The van der Waals surface area contributed by atoms with Crippen molar-refractivity contribution in [2.24, 2.45) is 5.92 Å². The van der Waals surface area contributed by atoms with Crippen LogP contribution in [0.4, 0.5) is 5.82 Å². The number of aromatic nitrogens is 4. The van der Waals surface area contributed by atoms with Crippen molar-refractivity contribution in [3.63, 3.8) is 0 Å². The van der Waals surface area contributed by atoms with Crippen LogP contribution in [0.3, 0.4) is 0 Å². The van der Waals surface area contributed by atoms with Gasteiger partial charge in [-0.2, -0.15) is 0 Å². The first-order chi connectivity index (χ1) is 15.5. The first-order valence-corrected chi connectivity index (χ1v) is 10.8. The van der Waals surface area contributed by atoms with Gasteiger partial charge in [-0.1, -0.05) is 13.3 Å². The minimum Gasteiger partial charge on any atom is -0.387 e. The number of carbonyl (C=O) groups is 1. The molecule has 5 heterocycles. The molecule has 32 heavy (non-hydrogen) atoms. The van der Waals surface area contributed by atoms with Gasteiger partial charge in [-0.25, -0.2) is 9.97 Å². The van der Waals surface area contributed by atoms with E-state index in [1.807, 2.05) is 48.8 Å². The Morgan fingerprint density at radius 3 is 2.78 bits per heavy atom. The van der Waals surface area contributed by atoms with Gasteiger partial charge < -0.3 is 15.2 Å². The zero-order valence-electron chi connectivity index (χ0n) is 18.1. The number of ether oxygens (including phenoxy) is 1. The van der Waals surface area contributed by atoms with Crippen molar-refractivity contribution in [3.8, 4) is 11.1 Å². The van der Waals surface area contributed by atoms with Gasteiger partial charge in [0.05, 0.1) is 36.4 Å². The average Bonchev–Trinajstić information content (AvgIpc) is 3.22. The van der Waals surface area contributed by atoms with Crippen LogP contribution < -0.4 is 5.32 Å². The molecule has 1 unspecified atom stereocenters. The number of fused-ring (bicyclic) bond motifs is 3. The lowest BCUT2D eigenvalue weighted by Crippen LogP contribution is -2.38. The summed E-state index contributed by atoms with van der Waals surface area (Å²) in [5, 5.41) is 14.1. The van der Waals surface area contributed by atoms with Crippen LogP contribution >= 0.6 is 0 Å². The molecule has 1 amide bonds. The normalized spacial score (nSPS) is 15.1. The number of amides is 1. The smallest absolute Gasteiger partial charge is 0.233 e. The van der Waals surface area contributed by atoms with Crippen molar-refractivity contribution in [1.82, 2.24) is 19.4 Å². The van der Waals surface area contributed by atoms with Gasteiger partial charge in [0.15, 0.2) is 0 Å². The zero-order chi connectivity index (χ0) is 22.2. The van der Waals surface area contributed by atoms with Crippen LogP contribution in [0, 0.1) is 12.8 Å². The summed E-state index contributed by atoms with van der Waals surface area (Å²) in [6.07, 6.45) is 8.24. The molecule has 2 N–H and O–H groups in total. The second kappa shape index (κ2) is 8.29. The Hall–Kier alpha value is -3.36. The number of pyridine rings is 3. The molecule has 8 nitrogen and oxygen atoms in total. The average molecular weight is 431 g/mol. The van der Waals surface area contributed by atoms with Crippen molar-refractivity contribution in [1.29, 1.82) is 0 Å². The predicted octanol–water partition coefficient (Wildman–Crippen LogP) is 3.67. The van der Waals surface area contributed by atoms with Gasteiger partial charge in [-0.15, -0.1) is 0 Å². The molecule has 1 saturated heterocycles. The van der Waals surface area contributed by atoms with Crippen LogP contribution in [0.15, 0.2) is 43.0 Å². The first kappa shape index (κ1) is 20.5. The predicted molar refractivity (Wildman–Crippen MR) is 121 cm³/mol. The van der Waals surface area contributed by atoms with Crippen molar-refractivity contribution >= 4 is 28.3 Å². The second-order valence-electron chi connectivity index (χ2n) is 8.26. The maximum absolute atomic E-state index is 12.3. The molecule has 1 aliphatic rings. The fourth-order valence-electron chi connectivity index (χ4n) is 4.04. The topological polar surface area (TPSA) is 102 Å². The minimum absolute atomic E-state index is 0.0753. The van der Waals surface area contributed by atoms with Crippen molar-refractivity contribution in [2.75, 3.05) is 18.5 Å². The number of hydrogen-bond donors (Lipinski definition) is 2. The third-order valence-electron chi connectivity index (χ3n) is 5.94. The van der Waals surface area contributed by atoms with Crippen LogP contribution in [0.1, 0.15) is 37.1 Å².